The van der Waals surface area contributed by atoms with Crippen molar-refractivity contribution in [1.82, 2.24) is 0 Å². The maximum atomic E-state index is 6.04. The van der Waals surface area contributed by atoms with Crippen LogP contribution in [0.5, 0.6) is 0 Å². The standard InChI is InChI=1S/C10H19NOS/c11-9-2-1-3-10(9)13-8-4-6-12-7-5-8/h8-10H,1-7,11H2. The fourth-order valence-electron chi connectivity index (χ4n) is 2.18. The minimum absolute atomic E-state index is 0.466. The smallest absolute Gasteiger partial charge is 0.0476 e. The van der Waals surface area contributed by atoms with Crippen LogP contribution in [0, 0.1) is 0 Å². The van der Waals surface area contributed by atoms with Crippen LogP contribution < -0.4 is 5.73 Å². The van der Waals surface area contributed by atoms with E-state index in [9.17, 15) is 0 Å². The van der Waals surface area contributed by atoms with E-state index in [0.717, 1.165) is 23.7 Å². The van der Waals surface area contributed by atoms with Crippen LogP contribution in [0.3, 0.4) is 0 Å². The molecular formula is C10H19NOS. The predicted molar refractivity (Wildman–Crippen MR) is 57.0 cm³/mol. The number of rotatable bonds is 2. The second kappa shape index (κ2) is 4.67. The lowest BCUT2D eigenvalue weighted by Gasteiger charge is -2.26. The van der Waals surface area contributed by atoms with Gasteiger partial charge in [0.05, 0.1) is 0 Å². The zero-order valence-electron chi connectivity index (χ0n) is 8.08. The van der Waals surface area contributed by atoms with Gasteiger partial charge in [-0.2, -0.15) is 11.8 Å². The van der Waals surface area contributed by atoms with E-state index < -0.39 is 0 Å². The Bertz CT molecular complexity index is 159. The van der Waals surface area contributed by atoms with Crippen LogP contribution in [-0.4, -0.2) is 29.8 Å². The van der Waals surface area contributed by atoms with E-state index in [1.54, 1.807) is 0 Å². The Morgan fingerprint density at radius 3 is 2.46 bits per heavy atom. The number of hydrogen-bond acceptors (Lipinski definition) is 3. The van der Waals surface area contributed by atoms with Gasteiger partial charge in [0.25, 0.3) is 0 Å². The van der Waals surface area contributed by atoms with Crippen LogP contribution >= 0.6 is 11.8 Å². The van der Waals surface area contributed by atoms with Crippen molar-refractivity contribution in [2.24, 2.45) is 5.73 Å². The Morgan fingerprint density at radius 1 is 1.08 bits per heavy atom. The van der Waals surface area contributed by atoms with E-state index in [2.05, 4.69) is 11.8 Å². The maximum Gasteiger partial charge on any atom is 0.0476 e. The molecule has 2 aliphatic rings. The highest BCUT2D eigenvalue weighted by Gasteiger charge is 2.27. The molecule has 0 radical (unpaired) electrons. The third-order valence-electron chi connectivity index (χ3n) is 3.04. The Balaban J connectivity index is 1.75. The third-order valence-corrected chi connectivity index (χ3v) is 4.83. The summed E-state index contributed by atoms with van der Waals surface area (Å²) in [4.78, 5) is 0. The van der Waals surface area contributed by atoms with Gasteiger partial charge in [0.1, 0.15) is 0 Å². The molecule has 1 saturated heterocycles. The summed E-state index contributed by atoms with van der Waals surface area (Å²) in [6, 6.07) is 0.466. The lowest BCUT2D eigenvalue weighted by Crippen LogP contribution is -2.30. The molecule has 2 atom stereocenters. The van der Waals surface area contributed by atoms with Crippen molar-refractivity contribution in [2.75, 3.05) is 13.2 Å². The van der Waals surface area contributed by atoms with Crippen LogP contribution in [0.25, 0.3) is 0 Å². The molecule has 0 aromatic carbocycles. The fourth-order valence-corrected chi connectivity index (χ4v) is 3.78. The molecule has 1 aliphatic carbocycles. The Morgan fingerprint density at radius 2 is 1.85 bits per heavy atom. The van der Waals surface area contributed by atoms with Gasteiger partial charge < -0.3 is 10.5 Å². The second-order valence-electron chi connectivity index (χ2n) is 4.08. The first-order valence-electron chi connectivity index (χ1n) is 5.35. The molecule has 0 spiro atoms. The molecule has 13 heavy (non-hydrogen) atoms. The monoisotopic (exact) mass is 201 g/mol. The van der Waals surface area contributed by atoms with Crippen LogP contribution in [0.4, 0.5) is 0 Å². The summed E-state index contributed by atoms with van der Waals surface area (Å²) >= 11 is 2.13. The molecular weight excluding hydrogens is 182 g/mol. The zero-order valence-corrected chi connectivity index (χ0v) is 8.89. The zero-order chi connectivity index (χ0) is 9.10. The Hall–Kier alpha value is 0.270. The average Bonchev–Trinajstić information content (AvgIpc) is 2.54. The molecule has 0 aromatic rings. The number of nitrogens with two attached hydrogens (primary N) is 1. The summed E-state index contributed by atoms with van der Waals surface area (Å²) in [7, 11) is 0. The molecule has 2 rings (SSSR count). The molecule has 1 heterocycles. The Labute approximate surface area is 84.6 Å². The lowest BCUT2D eigenvalue weighted by molar-refractivity contribution is 0.0999. The van der Waals surface area contributed by atoms with Gasteiger partial charge >= 0.3 is 0 Å². The fraction of sp³-hybridized carbons (Fsp3) is 1.00. The van der Waals surface area contributed by atoms with Gasteiger partial charge in [-0.15, -0.1) is 0 Å². The highest BCUT2D eigenvalue weighted by molar-refractivity contribution is 8.00. The largest absolute Gasteiger partial charge is 0.381 e. The van der Waals surface area contributed by atoms with E-state index in [4.69, 9.17) is 10.5 Å². The molecule has 0 amide bonds. The van der Waals surface area contributed by atoms with Crippen molar-refractivity contribution < 1.29 is 4.74 Å². The molecule has 0 bridgehead atoms. The molecule has 2 nitrogen and oxygen atoms in total. The van der Waals surface area contributed by atoms with E-state index in [1.807, 2.05) is 0 Å². The van der Waals surface area contributed by atoms with Crippen LogP contribution in [0.15, 0.2) is 0 Å². The number of thioether (sulfide) groups is 1. The van der Waals surface area contributed by atoms with E-state index in [-0.39, 0.29) is 0 Å². The maximum absolute atomic E-state index is 6.04. The van der Waals surface area contributed by atoms with Crippen molar-refractivity contribution in [3.63, 3.8) is 0 Å². The molecule has 3 heteroatoms. The number of hydrogen-bond donors (Lipinski definition) is 1. The van der Waals surface area contributed by atoms with Gasteiger partial charge in [0.15, 0.2) is 0 Å². The first-order chi connectivity index (χ1) is 6.36. The lowest BCUT2D eigenvalue weighted by atomic mass is 10.2. The predicted octanol–water partition coefficient (Wildman–Crippen LogP) is 1.78. The molecule has 1 saturated carbocycles. The van der Waals surface area contributed by atoms with Gasteiger partial charge in [0.2, 0.25) is 0 Å². The van der Waals surface area contributed by atoms with E-state index in [0.29, 0.717) is 6.04 Å². The van der Waals surface area contributed by atoms with Gasteiger partial charge in [-0.05, 0) is 25.7 Å². The Kier molecular flexibility index (Phi) is 3.52. The summed E-state index contributed by atoms with van der Waals surface area (Å²) in [5.74, 6) is 0. The minimum atomic E-state index is 0.466. The first-order valence-corrected chi connectivity index (χ1v) is 6.29. The van der Waals surface area contributed by atoms with Crippen molar-refractivity contribution in [1.29, 1.82) is 0 Å². The summed E-state index contributed by atoms with van der Waals surface area (Å²) in [6.45, 7) is 1.92. The summed E-state index contributed by atoms with van der Waals surface area (Å²) in [5, 5.41) is 1.56. The molecule has 0 aromatic heterocycles. The molecule has 1 aliphatic heterocycles. The first kappa shape index (κ1) is 9.81. The van der Waals surface area contributed by atoms with Crippen molar-refractivity contribution in [2.45, 2.75) is 48.6 Å². The van der Waals surface area contributed by atoms with Crippen molar-refractivity contribution in [3.05, 3.63) is 0 Å². The van der Waals surface area contributed by atoms with E-state index >= 15 is 0 Å². The molecule has 2 unspecified atom stereocenters. The van der Waals surface area contributed by atoms with Crippen LogP contribution in [-0.2, 0) is 4.74 Å². The average molecular weight is 201 g/mol. The van der Waals surface area contributed by atoms with Gasteiger partial charge in [-0.3, -0.25) is 0 Å². The SMILES string of the molecule is NC1CCCC1SC1CCOCC1. The molecule has 2 N–H and O–H groups in total. The number of ether oxygens (including phenoxy) is 1. The van der Waals surface area contributed by atoms with Crippen molar-refractivity contribution >= 4 is 11.8 Å². The second-order valence-corrected chi connectivity index (χ2v) is 5.63. The van der Waals surface area contributed by atoms with Gasteiger partial charge in [-0.1, -0.05) is 6.42 Å². The van der Waals surface area contributed by atoms with Crippen LogP contribution in [0.2, 0.25) is 0 Å². The van der Waals surface area contributed by atoms with Gasteiger partial charge in [-0.25, -0.2) is 0 Å². The highest BCUT2D eigenvalue weighted by Crippen LogP contribution is 2.34. The quantitative estimate of drug-likeness (QED) is 0.739. The summed E-state index contributed by atoms with van der Waals surface area (Å²) in [6.07, 6.45) is 6.37. The third kappa shape index (κ3) is 2.61. The highest BCUT2D eigenvalue weighted by atomic mass is 32.2. The van der Waals surface area contributed by atoms with Crippen LogP contribution in [0.1, 0.15) is 32.1 Å². The molecule has 76 valence electrons. The topological polar surface area (TPSA) is 35.2 Å². The summed E-state index contributed by atoms with van der Waals surface area (Å²) < 4.78 is 5.35. The van der Waals surface area contributed by atoms with Crippen molar-refractivity contribution in [3.8, 4) is 0 Å². The van der Waals surface area contributed by atoms with E-state index in [1.165, 1.54) is 32.1 Å². The molecule has 2 fully saturated rings. The minimum Gasteiger partial charge on any atom is -0.381 e. The summed E-state index contributed by atoms with van der Waals surface area (Å²) in [5.41, 5.74) is 6.04. The van der Waals surface area contributed by atoms with Gasteiger partial charge in [0, 0.05) is 29.8 Å². The normalized spacial score (nSPS) is 36.7.